The summed E-state index contributed by atoms with van der Waals surface area (Å²) in [6, 6.07) is 0.738. The number of piperidine rings is 1. The monoisotopic (exact) mass is 405 g/mol. The summed E-state index contributed by atoms with van der Waals surface area (Å²) in [6.07, 6.45) is 6.92. The molecule has 164 valence electrons. The van der Waals surface area contributed by atoms with E-state index >= 15 is 0 Å². The number of likely N-dealkylation sites (tertiary alicyclic amines) is 2. The molecule has 1 spiro atoms. The van der Waals surface area contributed by atoms with Gasteiger partial charge in [-0.05, 0) is 62.7 Å². The van der Waals surface area contributed by atoms with Gasteiger partial charge in [-0.3, -0.25) is 9.89 Å². The number of carbonyl (C=O) groups is 1. The van der Waals surface area contributed by atoms with E-state index in [1.807, 2.05) is 11.8 Å². The van der Waals surface area contributed by atoms with Crippen LogP contribution >= 0.6 is 0 Å². The van der Waals surface area contributed by atoms with Crippen LogP contribution in [0.5, 0.6) is 0 Å². The maximum Gasteiger partial charge on any atom is 0.409 e. The first kappa shape index (κ1) is 21.1. The number of hydrogen-bond donors (Lipinski definition) is 0. The largest absolute Gasteiger partial charge is 0.450 e. The van der Waals surface area contributed by atoms with Crippen molar-refractivity contribution in [1.29, 1.82) is 0 Å². The molecule has 2 saturated heterocycles. The molecule has 29 heavy (non-hydrogen) atoms. The summed E-state index contributed by atoms with van der Waals surface area (Å²) in [5.41, 5.74) is 1.85. The van der Waals surface area contributed by atoms with Gasteiger partial charge in [0.25, 0.3) is 0 Å². The standard InChI is InChI=1S/C23H39N3O3/c1-4-20(24-9-6-7-11-28-3)21-18-14-26(15-19(18)21)17-12-23(13-17)8-10-25(16-23)22(27)29-5-2/h17-19,21H,4-16H2,1-3H3/b24-20+/t17?,18-,19+,21+,23?. The summed E-state index contributed by atoms with van der Waals surface area (Å²) in [6.45, 7) is 10.7. The van der Waals surface area contributed by atoms with Gasteiger partial charge in [-0.1, -0.05) is 6.92 Å². The number of fused-ring (bicyclic) bond motifs is 1. The minimum absolute atomic E-state index is 0.119. The van der Waals surface area contributed by atoms with Gasteiger partial charge in [-0.15, -0.1) is 0 Å². The van der Waals surface area contributed by atoms with E-state index in [0.29, 0.717) is 12.0 Å². The molecule has 0 aromatic heterocycles. The SMILES string of the molecule is CCOC(=O)N1CCC2(CC(N3C[C@@H]4[C@H](C3)[C@H]4/C(CC)=N/CCCCOC)C2)C1. The minimum atomic E-state index is -0.119. The zero-order valence-electron chi connectivity index (χ0n) is 18.6. The predicted octanol–water partition coefficient (Wildman–Crippen LogP) is 3.45. The Morgan fingerprint density at radius 1 is 1.17 bits per heavy atom. The number of carbonyl (C=O) groups excluding carboxylic acids is 1. The van der Waals surface area contributed by atoms with E-state index in [2.05, 4.69) is 11.8 Å². The molecule has 4 aliphatic rings. The van der Waals surface area contributed by atoms with Gasteiger partial charge in [0.1, 0.15) is 0 Å². The Morgan fingerprint density at radius 3 is 2.59 bits per heavy atom. The number of amides is 1. The minimum Gasteiger partial charge on any atom is -0.450 e. The zero-order valence-corrected chi connectivity index (χ0v) is 18.6. The third kappa shape index (κ3) is 4.34. The van der Waals surface area contributed by atoms with Crippen molar-refractivity contribution < 1.29 is 14.3 Å². The molecule has 6 nitrogen and oxygen atoms in total. The third-order valence-electron chi connectivity index (χ3n) is 7.86. The summed E-state index contributed by atoms with van der Waals surface area (Å²) in [7, 11) is 1.77. The number of methoxy groups -OCH3 is 1. The first-order valence-corrected chi connectivity index (χ1v) is 11.8. The van der Waals surface area contributed by atoms with Crippen molar-refractivity contribution in [2.75, 3.05) is 53.0 Å². The van der Waals surface area contributed by atoms with Gasteiger partial charge < -0.3 is 14.4 Å². The quantitative estimate of drug-likeness (QED) is 0.435. The highest BCUT2D eigenvalue weighted by Gasteiger charge is 2.60. The van der Waals surface area contributed by atoms with E-state index in [4.69, 9.17) is 14.5 Å². The Labute approximate surface area is 176 Å². The lowest BCUT2D eigenvalue weighted by Gasteiger charge is -2.49. The second-order valence-corrected chi connectivity index (χ2v) is 9.67. The normalized spacial score (nSPS) is 36.4. The smallest absolute Gasteiger partial charge is 0.409 e. The van der Waals surface area contributed by atoms with E-state index in [-0.39, 0.29) is 6.09 Å². The molecule has 2 aliphatic heterocycles. The van der Waals surface area contributed by atoms with Crippen molar-refractivity contribution in [3.8, 4) is 0 Å². The Bertz CT molecular complexity index is 604. The van der Waals surface area contributed by atoms with Gasteiger partial charge in [0.15, 0.2) is 0 Å². The summed E-state index contributed by atoms with van der Waals surface area (Å²) in [5, 5.41) is 0. The predicted molar refractivity (Wildman–Crippen MR) is 114 cm³/mol. The maximum atomic E-state index is 12.0. The topological polar surface area (TPSA) is 54.4 Å². The number of hydrogen-bond acceptors (Lipinski definition) is 5. The van der Waals surface area contributed by atoms with E-state index < -0.39 is 0 Å². The molecule has 4 fully saturated rings. The van der Waals surface area contributed by atoms with Crippen LogP contribution in [0, 0.1) is 23.2 Å². The van der Waals surface area contributed by atoms with E-state index in [1.165, 1.54) is 31.6 Å². The van der Waals surface area contributed by atoms with Gasteiger partial charge in [0.2, 0.25) is 0 Å². The van der Waals surface area contributed by atoms with E-state index in [0.717, 1.165) is 75.7 Å². The number of rotatable bonds is 9. The molecule has 0 bridgehead atoms. The van der Waals surface area contributed by atoms with Crippen LogP contribution in [-0.2, 0) is 9.47 Å². The first-order chi connectivity index (χ1) is 14.1. The van der Waals surface area contributed by atoms with Gasteiger partial charge in [-0.25, -0.2) is 4.79 Å². The number of ether oxygens (including phenoxy) is 2. The molecular formula is C23H39N3O3. The number of nitrogens with zero attached hydrogens (tertiary/aromatic N) is 3. The first-order valence-electron chi connectivity index (χ1n) is 11.8. The fourth-order valence-electron chi connectivity index (χ4n) is 6.22. The lowest BCUT2D eigenvalue weighted by molar-refractivity contribution is 0.0116. The average Bonchev–Trinajstić information content (AvgIpc) is 3.05. The highest BCUT2D eigenvalue weighted by molar-refractivity contribution is 5.89. The van der Waals surface area contributed by atoms with Crippen LogP contribution < -0.4 is 0 Å². The Kier molecular flexibility index (Phi) is 6.50. The second-order valence-electron chi connectivity index (χ2n) is 9.67. The molecule has 0 unspecified atom stereocenters. The molecule has 3 atom stereocenters. The van der Waals surface area contributed by atoms with Crippen molar-refractivity contribution in [1.82, 2.24) is 9.80 Å². The molecule has 0 radical (unpaired) electrons. The second kappa shape index (κ2) is 8.93. The maximum absolute atomic E-state index is 12.0. The van der Waals surface area contributed by atoms with Gasteiger partial charge in [0, 0.05) is 64.1 Å². The molecule has 2 heterocycles. The lowest BCUT2D eigenvalue weighted by Crippen LogP contribution is -2.52. The fourth-order valence-corrected chi connectivity index (χ4v) is 6.22. The third-order valence-corrected chi connectivity index (χ3v) is 7.86. The zero-order chi connectivity index (χ0) is 20.4. The molecule has 2 aliphatic carbocycles. The van der Waals surface area contributed by atoms with Gasteiger partial charge in [0.05, 0.1) is 6.61 Å². The van der Waals surface area contributed by atoms with Crippen molar-refractivity contribution in [3.63, 3.8) is 0 Å². The summed E-state index contributed by atoms with van der Waals surface area (Å²) < 4.78 is 10.3. The van der Waals surface area contributed by atoms with Crippen molar-refractivity contribution in [3.05, 3.63) is 0 Å². The highest BCUT2D eigenvalue weighted by atomic mass is 16.6. The van der Waals surface area contributed by atoms with Crippen LogP contribution in [0.4, 0.5) is 4.79 Å². The van der Waals surface area contributed by atoms with E-state index in [1.54, 1.807) is 7.11 Å². The average molecular weight is 406 g/mol. The molecule has 1 amide bonds. The summed E-state index contributed by atoms with van der Waals surface area (Å²) >= 11 is 0. The highest BCUT2D eigenvalue weighted by Crippen LogP contribution is 2.57. The van der Waals surface area contributed by atoms with Crippen LogP contribution in [0.25, 0.3) is 0 Å². The van der Waals surface area contributed by atoms with Crippen LogP contribution in [0.3, 0.4) is 0 Å². The lowest BCUT2D eigenvalue weighted by atomic mass is 9.64. The molecule has 0 aromatic rings. The Morgan fingerprint density at radius 2 is 1.93 bits per heavy atom. The molecular weight excluding hydrogens is 366 g/mol. The van der Waals surface area contributed by atoms with Crippen LogP contribution in [0.2, 0.25) is 0 Å². The molecule has 0 N–H and O–H groups in total. The van der Waals surface area contributed by atoms with Gasteiger partial charge >= 0.3 is 6.09 Å². The molecule has 4 rings (SSSR count). The van der Waals surface area contributed by atoms with Crippen molar-refractivity contribution >= 4 is 11.8 Å². The molecule has 2 saturated carbocycles. The number of unbranched alkanes of at least 4 members (excludes halogenated alkanes) is 1. The van der Waals surface area contributed by atoms with Crippen LogP contribution in [0.15, 0.2) is 4.99 Å². The molecule has 6 heteroatoms. The number of aliphatic imine (C=N–C) groups is 1. The van der Waals surface area contributed by atoms with Crippen molar-refractivity contribution in [2.45, 2.75) is 58.4 Å². The summed E-state index contributed by atoms with van der Waals surface area (Å²) in [4.78, 5) is 21.6. The van der Waals surface area contributed by atoms with Crippen molar-refractivity contribution in [2.24, 2.45) is 28.2 Å². The Balaban J connectivity index is 1.19. The fraction of sp³-hybridized carbons (Fsp3) is 0.913. The van der Waals surface area contributed by atoms with Crippen LogP contribution in [0.1, 0.15) is 52.4 Å². The Hall–Kier alpha value is -1.14. The van der Waals surface area contributed by atoms with Crippen LogP contribution in [-0.4, -0.2) is 80.7 Å². The van der Waals surface area contributed by atoms with E-state index in [9.17, 15) is 4.79 Å². The molecule has 0 aromatic carbocycles. The van der Waals surface area contributed by atoms with Gasteiger partial charge in [-0.2, -0.15) is 0 Å². The summed E-state index contributed by atoms with van der Waals surface area (Å²) in [5.74, 6) is 2.46.